The van der Waals surface area contributed by atoms with E-state index in [4.69, 9.17) is 5.11 Å². The van der Waals surface area contributed by atoms with Crippen LogP contribution in [0.1, 0.15) is 29.7 Å². The number of thiazole rings is 1. The Hall–Kier alpha value is -0.490. The molecular formula is C13H23N3OS. The first-order chi connectivity index (χ1) is 8.69. The summed E-state index contributed by atoms with van der Waals surface area (Å²) in [6, 6.07) is 0. The standard InChI is InChI=1S/C13H23N3OS/c1-11(2)13-14-9-12(18-13)10-16-5-3-15(4-6-16)7-8-17/h9,11,17H,3-8,10H2,1-2H3. The summed E-state index contributed by atoms with van der Waals surface area (Å²) < 4.78 is 0. The molecule has 2 rings (SSSR count). The quantitative estimate of drug-likeness (QED) is 0.876. The van der Waals surface area contributed by atoms with Crippen LogP contribution in [0.2, 0.25) is 0 Å². The van der Waals surface area contributed by atoms with Crippen LogP contribution in [0, 0.1) is 0 Å². The Labute approximate surface area is 113 Å². The first kappa shape index (κ1) is 13.9. The van der Waals surface area contributed by atoms with Gasteiger partial charge in [-0.3, -0.25) is 9.80 Å². The fraction of sp³-hybridized carbons (Fsp3) is 0.769. The van der Waals surface area contributed by atoms with Crippen molar-refractivity contribution in [2.75, 3.05) is 39.3 Å². The molecule has 0 bridgehead atoms. The summed E-state index contributed by atoms with van der Waals surface area (Å²) in [7, 11) is 0. The van der Waals surface area contributed by atoms with Crippen LogP contribution < -0.4 is 0 Å². The number of rotatable bonds is 5. The summed E-state index contributed by atoms with van der Waals surface area (Å²) in [5.41, 5.74) is 0. The van der Waals surface area contributed by atoms with Gasteiger partial charge in [-0.15, -0.1) is 11.3 Å². The van der Waals surface area contributed by atoms with E-state index in [1.807, 2.05) is 17.5 Å². The Morgan fingerprint density at radius 3 is 2.50 bits per heavy atom. The second-order valence-corrected chi connectivity index (χ2v) is 6.31. The van der Waals surface area contributed by atoms with Crippen molar-refractivity contribution < 1.29 is 5.11 Å². The molecule has 0 amide bonds. The molecule has 4 nitrogen and oxygen atoms in total. The lowest BCUT2D eigenvalue weighted by Gasteiger charge is -2.33. The fourth-order valence-electron chi connectivity index (χ4n) is 2.20. The maximum absolute atomic E-state index is 8.91. The minimum absolute atomic E-state index is 0.270. The zero-order valence-corrected chi connectivity index (χ0v) is 12.1. The van der Waals surface area contributed by atoms with Gasteiger partial charge in [0.25, 0.3) is 0 Å². The van der Waals surface area contributed by atoms with E-state index in [2.05, 4.69) is 28.6 Å². The zero-order chi connectivity index (χ0) is 13.0. The number of aliphatic hydroxyl groups excluding tert-OH is 1. The Bertz CT molecular complexity index is 359. The van der Waals surface area contributed by atoms with Gasteiger partial charge in [-0.2, -0.15) is 0 Å². The molecule has 5 heteroatoms. The number of hydrogen-bond donors (Lipinski definition) is 1. The summed E-state index contributed by atoms with van der Waals surface area (Å²) >= 11 is 1.84. The molecule has 102 valence electrons. The lowest BCUT2D eigenvalue weighted by Crippen LogP contribution is -2.46. The highest BCUT2D eigenvalue weighted by atomic mass is 32.1. The molecular weight excluding hydrogens is 246 g/mol. The largest absolute Gasteiger partial charge is 0.395 e. The van der Waals surface area contributed by atoms with E-state index in [1.54, 1.807) is 0 Å². The molecule has 18 heavy (non-hydrogen) atoms. The van der Waals surface area contributed by atoms with Crippen molar-refractivity contribution >= 4 is 11.3 Å². The van der Waals surface area contributed by atoms with Gasteiger partial charge in [0.15, 0.2) is 0 Å². The maximum Gasteiger partial charge on any atom is 0.0953 e. The molecule has 1 aromatic heterocycles. The van der Waals surface area contributed by atoms with Crippen molar-refractivity contribution in [1.82, 2.24) is 14.8 Å². The van der Waals surface area contributed by atoms with Gasteiger partial charge in [0.05, 0.1) is 11.6 Å². The molecule has 0 unspecified atom stereocenters. The van der Waals surface area contributed by atoms with E-state index in [0.29, 0.717) is 5.92 Å². The molecule has 0 spiro atoms. The molecule has 0 radical (unpaired) electrons. The van der Waals surface area contributed by atoms with Crippen LogP contribution in [0.3, 0.4) is 0 Å². The van der Waals surface area contributed by atoms with Crippen molar-refractivity contribution in [3.05, 3.63) is 16.1 Å². The molecule has 1 aliphatic heterocycles. The van der Waals surface area contributed by atoms with Crippen LogP contribution in [0.25, 0.3) is 0 Å². The van der Waals surface area contributed by atoms with Crippen LogP contribution in [0.15, 0.2) is 6.20 Å². The number of aromatic nitrogens is 1. The Kier molecular flexibility index (Phi) is 5.12. The highest BCUT2D eigenvalue weighted by molar-refractivity contribution is 7.11. The molecule has 2 heterocycles. The number of β-amino-alcohol motifs (C(OH)–C–C–N with tert-alkyl or cyclic N) is 1. The van der Waals surface area contributed by atoms with Gasteiger partial charge in [0, 0.05) is 56.3 Å². The van der Waals surface area contributed by atoms with E-state index >= 15 is 0 Å². The minimum Gasteiger partial charge on any atom is -0.395 e. The number of nitrogens with zero attached hydrogens (tertiary/aromatic N) is 3. The molecule has 0 atom stereocenters. The van der Waals surface area contributed by atoms with E-state index in [0.717, 1.165) is 39.3 Å². The number of hydrogen-bond acceptors (Lipinski definition) is 5. The highest BCUT2D eigenvalue weighted by Gasteiger charge is 2.17. The lowest BCUT2D eigenvalue weighted by atomic mass is 10.2. The summed E-state index contributed by atoms with van der Waals surface area (Å²) in [6.07, 6.45) is 2.03. The van der Waals surface area contributed by atoms with Gasteiger partial charge in [-0.1, -0.05) is 13.8 Å². The summed E-state index contributed by atoms with van der Waals surface area (Å²) in [5, 5.41) is 10.2. The SMILES string of the molecule is CC(C)c1ncc(CN2CCN(CCO)CC2)s1. The number of aliphatic hydroxyl groups is 1. The first-order valence-corrected chi connectivity index (χ1v) is 7.51. The smallest absolute Gasteiger partial charge is 0.0953 e. The summed E-state index contributed by atoms with van der Waals surface area (Å²) in [5.74, 6) is 0.533. The third-order valence-corrected chi connectivity index (χ3v) is 4.61. The first-order valence-electron chi connectivity index (χ1n) is 6.69. The Morgan fingerprint density at radius 1 is 1.28 bits per heavy atom. The Balaban J connectivity index is 1.80. The Morgan fingerprint density at radius 2 is 1.94 bits per heavy atom. The molecule has 0 aromatic carbocycles. The van der Waals surface area contributed by atoms with E-state index in [1.165, 1.54) is 9.88 Å². The van der Waals surface area contributed by atoms with Gasteiger partial charge in [-0.25, -0.2) is 4.98 Å². The van der Waals surface area contributed by atoms with Gasteiger partial charge in [0.1, 0.15) is 0 Å². The maximum atomic E-state index is 8.91. The lowest BCUT2D eigenvalue weighted by molar-refractivity contribution is 0.109. The zero-order valence-electron chi connectivity index (χ0n) is 11.3. The highest BCUT2D eigenvalue weighted by Crippen LogP contribution is 2.22. The van der Waals surface area contributed by atoms with Crippen molar-refractivity contribution in [2.45, 2.75) is 26.3 Å². The fourth-order valence-corrected chi connectivity index (χ4v) is 3.16. The van der Waals surface area contributed by atoms with Crippen molar-refractivity contribution in [2.24, 2.45) is 0 Å². The van der Waals surface area contributed by atoms with Crippen LogP contribution in [0.5, 0.6) is 0 Å². The molecule has 1 aliphatic rings. The molecule has 0 saturated carbocycles. The van der Waals surface area contributed by atoms with Gasteiger partial charge in [-0.05, 0) is 0 Å². The average Bonchev–Trinajstić information content (AvgIpc) is 2.81. The van der Waals surface area contributed by atoms with Crippen molar-refractivity contribution in [3.8, 4) is 0 Å². The normalized spacial score (nSPS) is 18.7. The third-order valence-electron chi connectivity index (χ3n) is 3.33. The average molecular weight is 269 g/mol. The van der Waals surface area contributed by atoms with E-state index < -0.39 is 0 Å². The number of piperazine rings is 1. The second-order valence-electron chi connectivity index (χ2n) is 5.16. The monoisotopic (exact) mass is 269 g/mol. The van der Waals surface area contributed by atoms with E-state index in [9.17, 15) is 0 Å². The third kappa shape index (κ3) is 3.75. The molecule has 1 fully saturated rings. The molecule has 1 N–H and O–H groups in total. The molecule has 1 aromatic rings. The topological polar surface area (TPSA) is 39.6 Å². The van der Waals surface area contributed by atoms with Crippen LogP contribution in [0.4, 0.5) is 0 Å². The summed E-state index contributed by atoms with van der Waals surface area (Å²) in [6.45, 7) is 10.8. The van der Waals surface area contributed by atoms with Crippen molar-refractivity contribution in [3.63, 3.8) is 0 Å². The predicted molar refractivity (Wildman–Crippen MR) is 75.0 cm³/mol. The van der Waals surface area contributed by atoms with Crippen LogP contribution in [-0.4, -0.2) is 59.2 Å². The molecule has 0 aliphatic carbocycles. The van der Waals surface area contributed by atoms with E-state index in [-0.39, 0.29) is 6.61 Å². The second kappa shape index (κ2) is 6.61. The van der Waals surface area contributed by atoms with Crippen LogP contribution in [-0.2, 0) is 6.54 Å². The van der Waals surface area contributed by atoms with Crippen LogP contribution >= 0.6 is 11.3 Å². The summed E-state index contributed by atoms with van der Waals surface area (Å²) in [4.78, 5) is 10.6. The predicted octanol–water partition coefficient (Wildman–Crippen LogP) is 1.38. The van der Waals surface area contributed by atoms with Gasteiger partial charge < -0.3 is 5.11 Å². The van der Waals surface area contributed by atoms with Gasteiger partial charge in [0.2, 0.25) is 0 Å². The van der Waals surface area contributed by atoms with Crippen molar-refractivity contribution in [1.29, 1.82) is 0 Å². The molecule has 1 saturated heterocycles. The minimum atomic E-state index is 0.270. The van der Waals surface area contributed by atoms with Gasteiger partial charge >= 0.3 is 0 Å².